The normalized spacial score (nSPS) is 12.6. The summed E-state index contributed by atoms with van der Waals surface area (Å²) >= 11 is 0. The first-order valence-electron chi connectivity index (χ1n) is 7.88. The number of rotatable bonds is 4. The van der Waals surface area contributed by atoms with Crippen LogP contribution in [-0.2, 0) is 24.1 Å². The summed E-state index contributed by atoms with van der Waals surface area (Å²) in [4.78, 5) is 23.6. The van der Waals surface area contributed by atoms with Crippen LogP contribution in [0, 0.1) is 0 Å². The van der Waals surface area contributed by atoms with Gasteiger partial charge in [0, 0.05) is 18.3 Å². The summed E-state index contributed by atoms with van der Waals surface area (Å²) in [6, 6.07) is 13.2. The Morgan fingerprint density at radius 3 is 2.48 bits per heavy atom. The predicted molar refractivity (Wildman–Crippen MR) is 90.6 cm³/mol. The minimum atomic E-state index is -0.138. The number of aryl methyl sites for hydroxylation is 2. The quantitative estimate of drug-likeness (QED) is 0.912. The van der Waals surface area contributed by atoms with Gasteiger partial charge in [0.25, 0.3) is 5.91 Å². The second-order valence-electron chi connectivity index (χ2n) is 5.84. The molecule has 0 fully saturated rings. The highest BCUT2D eigenvalue weighted by Gasteiger charge is 2.12. The van der Waals surface area contributed by atoms with E-state index in [-0.39, 0.29) is 11.8 Å². The highest BCUT2D eigenvalue weighted by molar-refractivity contribution is 5.96. The molecule has 0 bridgehead atoms. The molecule has 0 radical (unpaired) electrons. The Labute approximate surface area is 135 Å². The third kappa shape index (κ3) is 3.59. The third-order valence-electron chi connectivity index (χ3n) is 4.19. The lowest BCUT2D eigenvalue weighted by Gasteiger charge is -2.08. The maximum Gasteiger partial charge on any atom is 0.251 e. The molecule has 0 saturated heterocycles. The molecule has 0 aromatic heterocycles. The monoisotopic (exact) mass is 308 g/mol. The number of hydrogen-bond acceptors (Lipinski definition) is 2. The SMILES string of the molecule is CNC(=O)c1ccc(NC(=O)Cc2ccc3c(c2)CCC3)cc1. The standard InChI is InChI=1S/C19H20N2O2/c1-20-19(23)15-7-9-17(10-8-15)21-18(22)12-13-5-6-14-3-2-4-16(14)11-13/h5-11H,2-4,12H2,1H3,(H,20,23)(H,21,22). The van der Waals surface area contributed by atoms with Gasteiger partial charge in [-0.05, 0) is 60.2 Å². The van der Waals surface area contributed by atoms with Crippen LogP contribution in [0.4, 0.5) is 5.69 Å². The number of carbonyl (C=O) groups excluding carboxylic acids is 2. The number of amides is 2. The molecule has 118 valence electrons. The first-order chi connectivity index (χ1) is 11.2. The molecule has 0 heterocycles. The summed E-state index contributed by atoms with van der Waals surface area (Å²) < 4.78 is 0. The second-order valence-corrected chi connectivity index (χ2v) is 5.84. The highest BCUT2D eigenvalue weighted by atomic mass is 16.2. The third-order valence-corrected chi connectivity index (χ3v) is 4.19. The molecule has 0 atom stereocenters. The van der Waals surface area contributed by atoms with Gasteiger partial charge >= 0.3 is 0 Å². The van der Waals surface area contributed by atoms with Crippen molar-refractivity contribution in [3.63, 3.8) is 0 Å². The summed E-state index contributed by atoms with van der Waals surface area (Å²) in [5.74, 6) is -0.184. The molecule has 1 aliphatic rings. The van der Waals surface area contributed by atoms with Gasteiger partial charge in [0.15, 0.2) is 0 Å². The van der Waals surface area contributed by atoms with Gasteiger partial charge in [0.1, 0.15) is 0 Å². The first-order valence-corrected chi connectivity index (χ1v) is 7.88. The van der Waals surface area contributed by atoms with E-state index >= 15 is 0 Å². The van der Waals surface area contributed by atoms with Crippen molar-refractivity contribution < 1.29 is 9.59 Å². The largest absolute Gasteiger partial charge is 0.355 e. The van der Waals surface area contributed by atoms with Crippen molar-refractivity contribution in [1.82, 2.24) is 5.32 Å². The van der Waals surface area contributed by atoms with Gasteiger partial charge < -0.3 is 10.6 Å². The Morgan fingerprint density at radius 1 is 1.00 bits per heavy atom. The number of benzene rings is 2. The van der Waals surface area contributed by atoms with Gasteiger partial charge in [0.2, 0.25) is 5.91 Å². The van der Waals surface area contributed by atoms with E-state index in [1.54, 1.807) is 31.3 Å². The number of nitrogens with one attached hydrogen (secondary N) is 2. The van der Waals surface area contributed by atoms with Crippen LogP contribution in [0.1, 0.15) is 33.5 Å². The molecule has 3 rings (SSSR count). The van der Waals surface area contributed by atoms with Gasteiger partial charge in [0.05, 0.1) is 6.42 Å². The van der Waals surface area contributed by atoms with E-state index in [1.165, 1.54) is 17.5 Å². The van der Waals surface area contributed by atoms with Crippen LogP contribution >= 0.6 is 0 Å². The van der Waals surface area contributed by atoms with Crippen molar-refractivity contribution in [3.05, 3.63) is 64.7 Å². The molecule has 23 heavy (non-hydrogen) atoms. The maximum atomic E-state index is 12.2. The predicted octanol–water partition coefficient (Wildman–Crippen LogP) is 2.72. The van der Waals surface area contributed by atoms with E-state index in [0.29, 0.717) is 17.7 Å². The second kappa shape index (κ2) is 6.65. The molecule has 2 aromatic carbocycles. The van der Waals surface area contributed by atoms with Gasteiger partial charge in [-0.3, -0.25) is 9.59 Å². The number of fused-ring (bicyclic) bond motifs is 1. The maximum absolute atomic E-state index is 12.2. The molecule has 4 nitrogen and oxygen atoms in total. The van der Waals surface area contributed by atoms with Crippen molar-refractivity contribution in [1.29, 1.82) is 0 Å². The van der Waals surface area contributed by atoms with E-state index < -0.39 is 0 Å². The first kappa shape index (κ1) is 15.3. The fraction of sp³-hybridized carbons (Fsp3) is 0.263. The summed E-state index contributed by atoms with van der Waals surface area (Å²) in [5.41, 5.74) is 5.11. The van der Waals surface area contributed by atoms with Crippen LogP contribution in [0.25, 0.3) is 0 Å². The van der Waals surface area contributed by atoms with Crippen molar-refractivity contribution >= 4 is 17.5 Å². The zero-order valence-electron chi connectivity index (χ0n) is 13.2. The van der Waals surface area contributed by atoms with Crippen molar-refractivity contribution in [3.8, 4) is 0 Å². The number of hydrogen-bond donors (Lipinski definition) is 2. The zero-order valence-corrected chi connectivity index (χ0v) is 13.2. The zero-order chi connectivity index (χ0) is 16.2. The van der Waals surface area contributed by atoms with E-state index in [0.717, 1.165) is 18.4 Å². The minimum Gasteiger partial charge on any atom is -0.355 e. The summed E-state index contributed by atoms with van der Waals surface area (Å²) in [5, 5.41) is 5.44. The fourth-order valence-electron chi connectivity index (χ4n) is 2.97. The average Bonchev–Trinajstić information content (AvgIpc) is 3.02. The van der Waals surface area contributed by atoms with E-state index in [9.17, 15) is 9.59 Å². The molecule has 0 unspecified atom stereocenters. The Morgan fingerprint density at radius 2 is 1.74 bits per heavy atom. The van der Waals surface area contributed by atoms with E-state index in [2.05, 4.69) is 22.8 Å². The molecule has 1 aliphatic carbocycles. The van der Waals surface area contributed by atoms with Crippen LogP contribution in [0.3, 0.4) is 0 Å². The molecule has 2 aromatic rings. The molecular weight excluding hydrogens is 288 g/mol. The topological polar surface area (TPSA) is 58.2 Å². The van der Waals surface area contributed by atoms with Gasteiger partial charge in [-0.1, -0.05) is 18.2 Å². The molecule has 2 N–H and O–H groups in total. The molecule has 0 saturated carbocycles. The summed E-state index contributed by atoms with van der Waals surface area (Å²) in [7, 11) is 1.59. The lowest BCUT2D eigenvalue weighted by Crippen LogP contribution is -2.18. The summed E-state index contributed by atoms with van der Waals surface area (Å²) in [6.07, 6.45) is 3.85. The van der Waals surface area contributed by atoms with Gasteiger partial charge in [-0.15, -0.1) is 0 Å². The van der Waals surface area contributed by atoms with E-state index in [1.807, 2.05) is 6.07 Å². The Hall–Kier alpha value is -2.62. The van der Waals surface area contributed by atoms with Gasteiger partial charge in [-0.2, -0.15) is 0 Å². The average molecular weight is 308 g/mol. The van der Waals surface area contributed by atoms with Crippen LogP contribution in [0.15, 0.2) is 42.5 Å². The minimum absolute atomic E-state index is 0.0457. The highest BCUT2D eigenvalue weighted by Crippen LogP contribution is 2.23. The lowest BCUT2D eigenvalue weighted by molar-refractivity contribution is -0.115. The van der Waals surface area contributed by atoms with Crippen LogP contribution in [0.5, 0.6) is 0 Å². The van der Waals surface area contributed by atoms with Crippen LogP contribution < -0.4 is 10.6 Å². The van der Waals surface area contributed by atoms with Gasteiger partial charge in [-0.25, -0.2) is 0 Å². The molecule has 2 amide bonds. The number of carbonyl (C=O) groups is 2. The fourth-order valence-corrected chi connectivity index (χ4v) is 2.97. The van der Waals surface area contributed by atoms with E-state index in [4.69, 9.17) is 0 Å². The lowest BCUT2D eigenvalue weighted by atomic mass is 10.0. The molecule has 0 spiro atoms. The van der Waals surface area contributed by atoms with Crippen LogP contribution in [-0.4, -0.2) is 18.9 Å². The summed E-state index contributed by atoms with van der Waals surface area (Å²) in [6.45, 7) is 0. The smallest absolute Gasteiger partial charge is 0.251 e. The molecule has 4 heteroatoms. The van der Waals surface area contributed by atoms with Crippen molar-refractivity contribution in [2.75, 3.05) is 12.4 Å². The molecular formula is C19H20N2O2. The van der Waals surface area contributed by atoms with Crippen LogP contribution in [0.2, 0.25) is 0 Å². The molecule has 0 aliphatic heterocycles. The Bertz CT molecular complexity index is 736. The van der Waals surface area contributed by atoms with Crippen molar-refractivity contribution in [2.45, 2.75) is 25.7 Å². The van der Waals surface area contributed by atoms with Crippen molar-refractivity contribution in [2.24, 2.45) is 0 Å². The number of anilines is 1. The Balaban J connectivity index is 1.62. The Kier molecular flexibility index (Phi) is 4.42.